The van der Waals surface area contributed by atoms with E-state index in [2.05, 4.69) is 0 Å². The summed E-state index contributed by atoms with van der Waals surface area (Å²) in [5.74, 6) is 0. The highest BCUT2D eigenvalue weighted by molar-refractivity contribution is 5.41. The van der Waals surface area contributed by atoms with Crippen LogP contribution in [0, 0.1) is 0 Å². The Morgan fingerprint density at radius 2 is 1.75 bits per heavy atom. The van der Waals surface area contributed by atoms with Crippen LogP contribution in [-0.4, -0.2) is 14.8 Å². The van der Waals surface area contributed by atoms with Crippen LogP contribution in [0.2, 0.25) is 0 Å². The van der Waals surface area contributed by atoms with Gasteiger partial charge in [-0.25, -0.2) is 0 Å². The van der Waals surface area contributed by atoms with Crippen LogP contribution in [0.1, 0.15) is 28.9 Å². The lowest BCUT2D eigenvalue weighted by Crippen LogP contribution is -2.15. The van der Waals surface area contributed by atoms with E-state index in [4.69, 9.17) is 10.2 Å². The second-order valence-corrected chi connectivity index (χ2v) is 3.82. The number of alkyl halides is 3. The predicted molar refractivity (Wildman–Crippen MR) is 49.6 cm³/mol. The number of halogens is 3. The maximum atomic E-state index is 12.8. The van der Waals surface area contributed by atoms with Crippen LogP contribution in [0.15, 0.2) is 0 Å². The summed E-state index contributed by atoms with van der Waals surface area (Å²) < 4.78 is 39.7. The van der Waals surface area contributed by atoms with Gasteiger partial charge >= 0.3 is 6.18 Å². The highest BCUT2D eigenvalue weighted by atomic mass is 19.4. The lowest BCUT2D eigenvalue weighted by Gasteiger charge is -2.11. The molecular formula is C10H12F3NO2. The van der Waals surface area contributed by atoms with Gasteiger partial charge in [0.25, 0.3) is 0 Å². The van der Waals surface area contributed by atoms with Crippen molar-refractivity contribution < 1.29 is 23.4 Å². The van der Waals surface area contributed by atoms with E-state index in [0.29, 0.717) is 25.1 Å². The van der Waals surface area contributed by atoms with Gasteiger partial charge in [-0.15, -0.1) is 0 Å². The van der Waals surface area contributed by atoms with E-state index in [-0.39, 0.29) is 11.1 Å². The van der Waals surface area contributed by atoms with Crippen molar-refractivity contribution in [3.63, 3.8) is 0 Å². The van der Waals surface area contributed by atoms with E-state index in [1.807, 2.05) is 0 Å². The van der Waals surface area contributed by atoms with Gasteiger partial charge in [-0.05, 0) is 12.8 Å². The Hall–Kier alpha value is -1.01. The molecule has 0 aliphatic carbocycles. The zero-order valence-electron chi connectivity index (χ0n) is 8.51. The van der Waals surface area contributed by atoms with Crippen LogP contribution in [0.3, 0.4) is 0 Å². The third-order valence-electron chi connectivity index (χ3n) is 2.97. The first kappa shape index (κ1) is 11.5. The normalized spacial score (nSPS) is 15.6. The Bertz CT molecular complexity index is 409. The number of aliphatic hydroxyl groups excluding tert-OH is 2. The molecule has 2 heterocycles. The molecule has 0 spiro atoms. The number of fused-ring (bicyclic) bond motifs is 1. The SMILES string of the molecule is OCc1c(CO)c(C(F)(F)F)n2c1CCC2. The van der Waals surface area contributed by atoms with Crippen LogP contribution >= 0.6 is 0 Å². The molecule has 2 rings (SSSR count). The summed E-state index contributed by atoms with van der Waals surface area (Å²) in [6.45, 7) is -0.844. The maximum absolute atomic E-state index is 12.8. The number of nitrogens with zero attached hydrogens (tertiary/aromatic N) is 1. The third-order valence-corrected chi connectivity index (χ3v) is 2.97. The van der Waals surface area contributed by atoms with Crippen molar-refractivity contribution >= 4 is 0 Å². The summed E-state index contributed by atoms with van der Waals surface area (Å²) in [6, 6.07) is 0. The molecule has 0 fully saturated rings. The van der Waals surface area contributed by atoms with Gasteiger partial charge in [0.05, 0.1) is 13.2 Å². The van der Waals surface area contributed by atoms with Crippen molar-refractivity contribution in [1.82, 2.24) is 4.57 Å². The van der Waals surface area contributed by atoms with E-state index < -0.39 is 25.1 Å². The zero-order valence-corrected chi connectivity index (χ0v) is 8.51. The lowest BCUT2D eigenvalue weighted by molar-refractivity contribution is -0.144. The van der Waals surface area contributed by atoms with Crippen molar-refractivity contribution in [2.75, 3.05) is 0 Å². The molecular weight excluding hydrogens is 223 g/mol. The topological polar surface area (TPSA) is 45.4 Å². The summed E-state index contributed by atoms with van der Waals surface area (Å²) >= 11 is 0. The van der Waals surface area contributed by atoms with Gasteiger partial charge in [0.15, 0.2) is 0 Å². The molecule has 0 bridgehead atoms. The maximum Gasteiger partial charge on any atom is 0.431 e. The van der Waals surface area contributed by atoms with Gasteiger partial charge in [-0.1, -0.05) is 0 Å². The summed E-state index contributed by atoms with van der Waals surface area (Å²) in [7, 11) is 0. The first-order valence-electron chi connectivity index (χ1n) is 5.02. The molecule has 1 aliphatic rings. The van der Waals surface area contributed by atoms with Crippen molar-refractivity contribution in [1.29, 1.82) is 0 Å². The number of aliphatic hydroxyl groups is 2. The first-order valence-corrected chi connectivity index (χ1v) is 5.02. The Balaban J connectivity index is 2.67. The van der Waals surface area contributed by atoms with Crippen LogP contribution in [-0.2, 0) is 32.4 Å². The van der Waals surface area contributed by atoms with E-state index >= 15 is 0 Å². The summed E-state index contributed by atoms with van der Waals surface area (Å²) in [5.41, 5.74) is -0.220. The molecule has 1 aromatic rings. The largest absolute Gasteiger partial charge is 0.431 e. The van der Waals surface area contributed by atoms with Crippen molar-refractivity contribution in [3.05, 3.63) is 22.5 Å². The molecule has 3 nitrogen and oxygen atoms in total. The molecule has 0 amide bonds. The molecule has 1 aliphatic heterocycles. The summed E-state index contributed by atoms with van der Waals surface area (Å²) in [5, 5.41) is 18.1. The summed E-state index contributed by atoms with van der Waals surface area (Å²) in [4.78, 5) is 0. The molecule has 0 atom stereocenters. The lowest BCUT2D eigenvalue weighted by atomic mass is 10.1. The molecule has 0 saturated heterocycles. The molecule has 0 unspecified atom stereocenters. The zero-order chi connectivity index (χ0) is 11.9. The van der Waals surface area contributed by atoms with E-state index in [9.17, 15) is 13.2 Å². The minimum Gasteiger partial charge on any atom is -0.392 e. The van der Waals surface area contributed by atoms with E-state index in [1.54, 1.807) is 0 Å². The Morgan fingerprint density at radius 1 is 1.12 bits per heavy atom. The van der Waals surface area contributed by atoms with Crippen LogP contribution < -0.4 is 0 Å². The van der Waals surface area contributed by atoms with E-state index in [0.717, 1.165) is 0 Å². The van der Waals surface area contributed by atoms with E-state index in [1.165, 1.54) is 4.57 Å². The highest BCUT2D eigenvalue weighted by Gasteiger charge is 2.41. The monoisotopic (exact) mass is 235 g/mol. The van der Waals surface area contributed by atoms with Gasteiger partial charge in [0.2, 0.25) is 0 Å². The smallest absolute Gasteiger partial charge is 0.392 e. The van der Waals surface area contributed by atoms with Gasteiger partial charge in [0, 0.05) is 23.4 Å². The quantitative estimate of drug-likeness (QED) is 0.814. The first-order chi connectivity index (χ1) is 7.50. The molecule has 0 radical (unpaired) electrons. The number of aromatic nitrogens is 1. The molecule has 0 aromatic carbocycles. The molecule has 6 heteroatoms. The molecule has 90 valence electrons. The fourth-order valence-electron chi connectivity index (χ4n) is 2.40. The van der Waals surface area contributed by atoms with Crippen molar-refractivity contribution in [3.8, 4) is 0 Å². The van der Waals surface area contributed by atoms with Crippen molar-refractivity contribution in [2.45, 2.75) is 38.8 Å². The molecule has 16 heavy (non-hydrogen) atoms. The Morgan fingerprint density at radius 3 is 2.25 bits per heavy atom. The number of hydrogen-bond donors (Lipinski definition) is 2. The molecule has 2 N–H and O–H groups in total. The summed E-state index contributed by atoms with van der Waals surface area (Å²) in [6.07, 6.45) is -3.30. The minimum atomic E-state index is -4.48. The van der Waals surface area contributed by atoms with Gasteiger partial charge in [-0.2, -0.15) is 13.2 Å². The second kappa shape index (κ2) is 3.78. The number of hydrogen-bond acceptors (Lipinski definition) is 2. The Labute approximate surface area is 90.1 Å². The van der Waals surface area contributed by atoms with Gasteiger partial charge in [-0.3, -0.25) is 0 Å². The van der Waals surface area contributed by atoms with Crippen LogP contribution in [0.5, 0.6) is 0 Å². The number of rotatable bonds is 2. The highest BCUT2D eigenvalue weighted by Crippen LogP contribution is 2.39. The van der Waals surface area contributed by atoms with Crippen molar-refractivity contribution in [2.24, 2.45) is 0 Å². The van der Waals surface area contributed by atoms with Gasteiger partial charge < -0.3 is 14.8 Å². The average molecular weight is 235 g/mol. The second-order valence-electron chi connectivity index (χ2n) is 3.82. The Kier molecular flexibility index (Phi) is 2.71. The minimum absolute atomic E-state index is 0.176. The standard InChI is InChI=1S/C10H12F3NO2/c11-10(12,13)9-7(5-16)6(4-15)8-2-1-3-14(8)9/h15-16H,1-5H2. The molecule has 0 saturated carbocycles. The average Bonchev–Trinajstić information content (AvgIpc) is 2.72. The van der Waals surface area contributed by atoms with Crippen LogP contribution in [0.4, 0.5) is 13.2 Å². The predicted octanol–water partition coefficient (Wildman–Crippen LogP) is 1.44. The van der Waals surface area contributed by atoms with Gasteiger partial charge in [0.1, 0.15) is 5.69 Å². The molecule has 1 aromatic heterocycles. The third kappa shape index (κ3) is 1.53. The van der Waals surface area contributed by atoms with Crippen LogP contribution in [0.25, 0.3) is 0 Å². The fourth-order valence-corrected chi connectivity index (χ4v) is 2.40. The fraction of sp³-hybridized carbons (Fsp3) is 0.600.